The van der Waals surface area contributed by atoms with Crippen LogP contribution in [0.15, 0.2) is 0 Å². The van der Waals surface area contributed by atoms with Crippen molar-refractivity contribution < 1.29 is 9.84 Å². The maximum absolute atomic E-state index is 10.9. The standard InChI is InChI=1S/C14H27NO2S/c1-11(2)14(16,10-15)12-3-6-17-13(9-12)4-7-18-8-5-13/h11-12,16H,3-10,15H2,1-2H3. The fourth-order valence-electron chi connectivity index (χ4n) is 3.42. The summed E-state index contributed by atoms with van der Waals surface area (Å²) in [7, 11) is 0. The maximum atomic E-state index is 10.9. The number of hydrogen-bond donors (Lipinski definition) is 2. The normalized spacial score (nSPS) is 31.5. The summed E-state index contributed by atoms with van der Waals surface area (Å²) in [5.41, 5.74) is 5.17. The first-order valence-electron chi connectivity index (χ1n) is 7.16. The molecular weight excluding hydrogens is 246 g/mol. The van der Waals surface area contributed by atoms with E-state index in [1.165, 1.54) is 11.5 Å². The van der Waals surface area contributed by atoms with Crippen molar-refractivity contribution in [3.8, 4) is 0 Å². The minimum Gasteiger partial charge on any atom is -0.388 e. The summed E-state index contributed by atoms with van der Waals surface area (Å²) in [4.78, 5) is 0. The Kier molecular flexibility index (Phi) is 4.63. The molecule has 2 atom stereocenters. The van der Waals surface area contributed by atoms with E-state index in [0.717, 1.165) is 32.3 Å². The van der Waals surface area contributed by atoms with Crippen molar-refractivity contribution in [2.45, 2.75) is 50.7 Å². The van der Waals surface area contributed by atoms with Crippen LogP contribution >= 0.6 is 11.8 Å². The van der Waals surface area contributed by atoms with Crippen LogP contribution in [0, 0.1) is 11.8 Å². The maximum Gasteiger partial charge on any atom is 0.0821 e. The smallest absolute Gasteiger partial charge is 0.0821 e. The molecule has 2 rings (SSSR count). The highest BCUT2D eigenvalue weighted by Crippen LogP contribution is 2.44. The van der Waals surface area contributed by atoms with Gasteiger partial charge in [0.1, 0.15) is 0 Å². The van der Waals surface area contributed by atoms with Crippen LogP contribution in [0.3, 0.4) is 0 Å². The highest BCUT2D eigenvalue weighted by Gasteiger charge is 2.47. The van der Waals surface area contributed by atoms with Gasteiger partial charge < -0.3 is 15.6 Å². The largest absolute Gasteiger partial charge is 0.388 e. The summed E-state index contributed by atoms with van der Waals surface area (Å²) in [6, 6.07) is 0. The van der Waals surface area contributed by atoms with Gasteiger partial charge in [0.15, 0.2) is 0 Å². The van der Waals surface area contributed by atoms with Crippen LogP contribution in [0.4, 0.5) is 0 Å². The van der Waals surface area contributed by atoms with Gasteiger partial charge in [0, 0.05) is 13.2 Å². The van der Waals surface area contributed by atoms with E-state index in [1.54, 1.807) is 0 Å². The summed E-state index contributed by atoms with van der Waals surface area (Å²) >= 11 is 2.02. The average Bonchev–Trinajstić information content (AvgIpc) is 2.38. The van der Waals surface area contributed by atoms with Crippen LogP contribution in [0.25, 0.3) is 0 Å². The molecule has 2 fully saturated rings. The Labute approximate surface area is 115 Å². The molecule has 2 aliphatic rings. The lowest BCUT2D eigenvalue weighted by Crippen LogP contribution is -2.55. The van der Waals surface area contributed by atoms with E-state index in [2.05, 4.69) is 13.8 Å². The number of ether oxygens (including phenoxy) is 1. The molecule has 0 radical (unpaired) electrons. The van der Waals surface area contributed by atoms with Gasteiger partial charge in [-0.25, -0.2) is 0 Å². The zero-order chi connectivity index (χ0) is 13.2. The summed E-state index contributed by atoms with van der Waals surface area (Å²) in [6.45, 7) is 5.29. The van der Waals surface area contributed by atoms with Gasteiger partial charge in [-0.05, 0) is 49.0 Å². The fourth-order valence-corrected chi connectivity index (χ4v) is 4.66. The van der Waals surface area contributed by atoms with E-state index in [4.69, 9.17) is 10.5 Å². The van der Waals surface area contributed by atoms with Gasteiger partial charge in [0.25, 0.3) is 0 Å². The lowest BCUT2D eigenvalue weighted by molar-refractivity contribution is -0.155. The van der Waals surface area contributed by atoms with Gasteiger partial charge in [-0.15, -0.1) is 0 Å². The van der Waals surface area contributed by atoms with Crippen molar-refractivity contribution in [1.29, 1.82) is 0 Å². The predicted molar refractivity (Wildman–Crippen MR) is 76.8 cm³/mol. The van der Waals surface area contributed by atoms with Crippen LogP contribution in [0.1, 0.15) is 39.5 Å². The van der Waals surface area contributed by atoms with Crippen LogP contribution in [-0.2, 0) is 4.74 Å². The first-order valence-corrected chi connectivity index (χ1v) is 8.32. The monoisotopic (exact) mass is 273 g/mol. The Morgan fingerprint density at radius 2 is 2.11 bits per heavy atom. The number of thioether (sulfide) groups is 1. The summed E-state index contributed by atoms with van der Waals surface area (Å²) in [6.07, 6.45) is 4.19. The third-order valence-electron chi connectivity index (χ3n) is 4.93. The van der Waals surface area contributed by atoms with Gasteiger partial charge in [-0.2, -0.15) is 11.8 Å². The molecule has 0 aromatic heterocycles. The van der Waals surface area contributed by atoms with Gasteiger partial charge in [0.2, 0.25) is 0 Å². The van der Waals surface area contributed by atoms with E-state index in [1.807, 2.05) is 11.8 Å². The molecule has 0 saturated carbocycles. The predicted octanol–water partition coefficient (Wildman–Crippen LogP) is 2.02. The topological polar surface area (TPSA) is 55.5 Å². The molecule has 3 N–H and O–H groups in total. The molecule has 2 heterocycles. The summed E-state index contributed by atoms with van der Waals surface area (Å²) < 4.78 is 6.09. The minimum atomic E-state index is -0.721. The SMILES string of the molecule is CC(C)C(O)(CN)C1CCOC2(CCSCC2)C1. The lowest BCUT2D eigenvalue weighted by atomic mass is 9.69. The molecular formula is C14H27NO2S. The summed E-state index contributed by atoms with van der Waals surface area (Å²) in [5.74, 6) is 2.88. The van der Waals surface area contributed by atoms with Crippen LogP contribution in [0.5, 0.6) is 0 Å². The van der Waals surface area contributed by atoms with E-state index in [0.29, 0.717) is 12.5 Å². The zero-order valence-corrected chi connectivity index (χ0v) is 12.5. The molecule has 0 bridgehead atoms. The average molecular weight is 273 g/mol. The third kappa shape index (κ3) is 2.72. The van der Waals surface area contributed by atoms with E-state index in [-0.39, 0.29) is 11.5 Å². The Bertz CT molecular complexity index is 273. The van der Waals surface area contributed by atoms with Gasteiger partial charge >= 0.3 is 0 Å². The highest BCUT2D eigenvalue weighted by molar-refractivity contribution is 7.99. The van der Waals surface area contributed by atoms with Crippen molar-refractivity contribution >= 4 is 11.8 Å². The van der Waals surface area contributed by atoms with Crippen LogP contribution in [-0.4, -0.2) is 41.0 Å². The molecule has 1 spiro atoms. The second kappa shape index (κ2) is 5.70. The number of rotatable bonds is 3. The number of hydrogen-bond acceptors (Lipinski definition) is 4. The molecule has 2 saturated heterocycles. The molecule has 3 nitrogen and oxygen atoms in total. The molecule has 2 unspecified atom stereocenters. The second-order valence-electron chi connectivity index (χ2n) is 6.18. The molecule has 0 aromatic rings. The Hall–Kier alpha value is 0.230. The van der Waals surface area contributed by atoms with Crippen molar-refractivity contribution in [3.05, 3.63) is 0 Å². The van der Waals surface area contributed by atoms with Crippen LogP contribution in [0.2, 0.25) is 0 Å². The fraction of sp³-hybridized carbons (Fsp3) is 1.00. The Balaban J connectivity index is 2.10. The summed E-state index contributed by atoms with van der Waals surface area (Å²) in [5, 5.41) is 10.9. The van der Waals surface area contributed by atoms with E-state index < -0.39 is 5.60 Å². The Morgan fingerprint density at radius 3 is 2.67 bits per heavy atom. The lowest BCUT2D eigenvalue weighted by Gasteiger charge is -2.49. The zero-order valence-electron chi connectivity index (χ0n) is 11.7. The molecule has 0 aliphatic carbocycles. The quantitative estimate of drug-likeness (QED) is 0.826. The van der Waals surface area contributed by atoms with Crippen molar-refractivity contribution in [2.24, 2.45) is 17.6 Å². The van der Waals surface area contributed by atoms with Gasteiger partial charge in [-0.1, -0.05) is 13.8 Å². The minimum absolute atomic E-state index is 0.0339. The van der Waals surface area contributed by atoms with Crippen molar-refractivity contribution in [2.75, 3.05) is 24.7 Å². The third-order valence-corrected chi connectivity index (χ3v) is 5.92. The number of nitrogens with two attached hydrogens (primary N) is 1. The van der Waals surface area contributed by atoms with Gasteiger partial charge in [0.05, 0.1) is 11.2 Å². The first kappa shape index (κ1) is 14.6. The van der Waals surface area contributed by atoms with Crippen LogP contribution < -0.4 is 5.73 Å². The molecule has 0 aromatic carbocycles. The molecule has 2 aliphatic heterocycles. The molecule has 106 valence electrons. The molecule has 18 heavy (non-hydrogen) atoms. The Morgan fingerprint density at radius 1 is 1.44 bits per heavy atom. The van der Waals surface area contributed by atoms with Crippen molar-refractivity contribution in [1.82, 2.24) is 0 Å². The van der Waals surface area contributed by atoms with Crippen molar-refractivity contribution in [3.63, 3.8) is 0 Å². The van der Waals surface area contributed by atoms with E-state index in [9.17, 15) is 5.11 Å². The first-order chi connectivity index (χ1) is 8.52. The van der Waals surface area contributed by atoms with E-state index >= 15 is 0 Å². The molecule has 4 heteroatoms. The van der Waals surface area contributed by atoms with Gasteiger partial charge in [-0.3, -0.25) is 0 Å². The second-order valence-corrected chi connectivity index (χ2v) is 7.41. The number of aliphatic hydroxyl groups is 1. The highest BCUT2D eigenvalue weighted by atomic mass is 32.2. The molecule has 0 amide bonds.